The molecular formula is C5H5ClOS. The Kier molecular flexibility index (Phi) is 1.86. The van der Waals surface area contributed by atoms with Crippen molar-refractivity contribution in [1.29, 1.82) is 0 Å². The van der Waals surface area contributed by atoms with Gasteiger partial charge in [0.2, 0.25) is 0 Å². The van der Waals surface area contributed by atoms with Crippen molar-refractivity contribution in [2.45, 2.75) is 0 Å². The van der Waals surface area contributed by atoms with E-state index in [4.69, 9.17) is 11.6 Å². The zero-order chi connectivity index (χ0) is 5.98. The third-order valence-corrected chi connectivity index (χ3v) is 2.52. The summed E-state index contributed by atoms with van der Waals surface area (Å²) in [6.07, 6.45) is 3.54. The lowest BCUT2D eigenvalue weighted by Crippen LogP contribution is -1.86. The summed E-state index contributed by atoms with van der Waals surface area (Å²) in [5, 5.41) is 1.62. The number of hydrogen-bond acceptors (Lipinski definition) is 1. The highest BCUT2D eigenvalue weighted by molar-refractivity contribution is 7.92. The molecule has 0 saturated heterocycles. The molecule has 0 aliphatic carbocycles. The van der Waals surface area contributed by atoms with Crippen molar-refractivity contribution in [2.75, 3.05) is 5.88 Å². The van der Waals surface area contributed by atoms with Crippen molar-refractivity contribution in [3.05, 3.63) is 22.5 Å². The zero-order valence-electron chi connectivity index (χ0n) is 4.13. The molecule has 0 aromatic rings. The van der Waals surface area contributed by atoms with Gasteiger partial charge in [0.05, 0.1) is 16.7 Å². The Hall–Kier alpha value is -0.0800. The summed E-state index contributed by atoms with van der Waals surface area (Å²) in [4.78, 5) is 0.798. The molecule has 1 aliphatic heterocycles. The number of alkyl halides is 1. The molecule has 0 amide bonds. The van der Waals surface area contributed by atoms with Gasteiger partial charge in [0.1, 0.15) is 0 Å². The van der Waals surface area contributed by atoms with E-state index < -0.39 is 10.8 Å². The first kappa shape index (κ1) is 6.05. The molecule has 0 radical (unpaired) electrons. The van der Waals surface area contributed by atoms with Crippen molar-refractivity contribution in [2.24, 2.45) is 0 Å². The van der Waals surface area contributed by atoms with Crippen molar-refractivity contribution in [3.8, 4) is 0 Å². The predicted octanol–water partition coefficient (Wildman–Crippen LogP) is 1.39. The van der Waals surface area contributed by atoms with Gasteiger partial charge < -0.3 is 0 Å². The summed E-state index contributed by atoms with van der Waals surface area (Å²) < 4.78 is 10.7. The first-order valence-corrected chi connectivity index (χ1v) is 3.93. The van der Waals surface area contributed by atoms with Crippen LogP contribution in [0.1, 0.15) is 0 Å². The Morgan fingerprint density at radius 3 is 2.75 bits per heavy atom. The fourth-order valence-corrected chi connectivity index (χ4v) is 1.60. The highest BCUT2D eigenvalue weighted by Gasteiger charge is 2.04. The highest BCUT2D eigenvalue weighted by Crippen LogP contribution is 2.11. The summed E-state index contributed by atoms with van der Waals surface area (Å²) >= 11 is 5.40. The van der Waals surface area contributed by atoms with Gasteiger partial charge in [0, 0.05) is 10.3 Å². The lowest BCUT2D eigenvalue weighted by atomic mass is 10.5. The van der Waals surface area contributed by atoms with E-state index in [-0.39, 0.29) is 0 Å². The second kappa shape index (κ2) is 2.46. The molecule has 1 atom stereocenters. The quantitative estimate of drug-likeness (QED) is 0.514. The van der Waals surface area contributed by atoms with Gasteiger partial charge in [-0.05, 0) is 6.08 Å². The SMILES string of the molecule is O=S1C=CC=C1CCl. The monoisotopic (exact) mass is 148 g/mol. The first-order valence-electron chi connectivity index (χ1n) is 2.18. The molecule has 0 saturated carbocycles. The molecule has 3 heteroatoms. The van der Waals surface area contributed by atoms with Crippen molar-refractivity contribution >= 4 is 22.4 Å². The molecule has 1 unspecified atom stereocenters. The summed E-state index contributed by atoms with van der Waals surface area (Å²) in [7, 11) is -0.912. The maximum atomic E-state index is 10.7. The fourth-order valence-electron chi connectivity index (χ4n) is 0.471. The summed E-state index contributed by atoms with van der Waals surface area (Å²) in [5.41, 5.74) is 0. The first-order chi connectivity index (χ1) is 3.84. The topological polar surface area (TPSA) is 17.1 Å². The number of rotatable bonds is 1. The number of halogens is 1. The standard InChI is InChI=1S/C5H5ClOS/c6-4-5-2-1-3-8(5)7/h1-3H,4H2. The average Bonchev–Trinajstić information content (AvgIpc) is 2.14. The van der Waals surface area contributed by atoms with E-state index in [0.29, 0.717) is 5.88 Å². The Morgan fingerprint density at radius 2 is 2.50 bits per heavy atom. The van der Waals surface area contributed by atoms with E-state index in [0.717, 1.165) is 4.91 Å². The second-order valence-electron chi connectivity index (χ2n) is 1.39. The maximum absolute atomic E-state index is 10.7. The Balaban J connectivity index is 2.73. The van der Waals surface area contributed by atoms with E-state index in [1.165, 1.54) is 0 Å². The summed E-state index contributed by atoms with van der Waals surface area (Å²) in [6, 6.07) is 0. The smallest absolute Gasteiger partial charge is 0.0746 e. The van der Waals surface area contributed by atoms with Crippen molar-refractivity contribution in [1.82, 2.24) is 0 Å². The minimum atomic E-state index is -0.912. The Morgan fingerprint density at radius 1 is 1.75 bits per heavy atom. The number of hydrogen-bond donors (Lipinski definition) is 0. The summed E-state index contributed by atoms with van der Waals surface area (Å²) in [5.74, 6) is 0.375. The van der Waals surface area contributed by atoms with E-state index in [9.17, 15) is 4.21 Å². The van der Waals surface area contributed by atoms with Crippen LogP contribution in [0, 0.1) is 0 Å². The van der Waals surface area contributed by atoms with Crippen LogP contribution in [0.25, 0.3) is 0 Å². The fraction of sp³-hybridized carbons (Fsp3) is 0.200. The van der Waals surface area contributed by atoms with Crippen LogP contribution in [0.4, 0.5) is 0 Å². The maximum Gasteiger partial charge on any atom is 0.0746 e. The largest absolute Gasteiger partial charge is 0.250 e. The van der Waals surface area contributed by atoms with Gasteiger partial charge in [-0.15, -0.1) is 11.6 Å². The molecule has 0 spiro atoms. The third kappa shape index (κ3) is 1.01. The molecule has 1 heterocycles. The van der Waals surface area contributed by atoms with Gasteiger partial charge in [-0.2, -0.15) is 0 Å². The molecule has 0 bridgehead atoms. The van der Waals surface area contributed by atoms with Crippen LogP contribution in [0.15, 0.2) is 22.5 Å². The highest BCUT2D eigenvalue weighted by atomic mass is 35.5. The minimum Gasteiger partial charge on any atom is -0.250 e. The molecule has 8 heavy (non-hydrogen) atoms. The van der Waals surface area contributed by atoms with Gasteiger partial charge in [0.25, 0.3) is 0 Å². The van der Waals surface area contributed by atoms with Crippen LogP contribution in [0.5, 0.6) is 0 Å². The predicted molar refractivity (Wildman–Crippen MR) is 36.1 cm³/mol. The molecule has 1 nitrogen and oxygen atoms in total. The zero-order valence-corrected chi connectivity index (χ0v) is 5.71. The van der Waals surface area contributed by atoms with Gasteiger partial charge in [-0.25, -0.2) is 4.21 Å². The Labute approximate surface area is 55.5 Å². The van der Waals surface area contributed by atoms with Gasteiger partial charge in [-0.1, -0.05) is 6.08 Å². The molecule has 0 fully saturated rings. The van der Waals surface area contributed by atoms with Crippen molar-refractivity contribution in [3.63, 3.8) is 0 Å². The Bertz CT molecular complexity index is 171. The summed E-state index contributed by atoms with van der Waals surface area (Å²) in [6.45, 7) is 0. The molecule has 44 valence electrons. The van der Waals surface area contributed by atoms with Gasteiger partial charge >= 0.3 is 0 Å². The second-order valence-corrected chi connectivity index (χ2v) is 3.05. The molecular weight excluding hydrogens is 144 g/mol. The van der Waals surface area contributed by atoms with E-state index in [2.05, 4.69) is 0 Å². The van der Waals surface area contributed by atoms with Crippen molar-refractivity contribution < 1.29 is 4.21 Å². The van der Waals surface area contributed by atoms with Crippen LogP contribution < -0.4 is 0 Å². The third-order valence-electron chi connectivity index (χ3n) is 0.874. The lowest BCUT2D eigenvalue weighted by molar-refractivity contribution is 0.692. The van der Waals surface area contributed by atoms with Crippen LogP contribution in [-0.2, 0) is 10.8 Å². The normalized spacial score (nSPS) is 26.1. The van der Waals surface area contributed by atoms with E-state index >= 15 is 0 Å². The molecule has 0 aromatic heterocycles. The molecule has 1 rings (SSSR count). The molecule has 0 N–H and O–H groups in total. The van der Waals surface area contributed by atoms with Crippen LogP contribution in [-0.4, -0.2) is 10.1 Å². The van der Waals surface area contributed by atoms with E-state index in [1.807, 2.05) is 0 Å². The molecule has 1 aliphatic rings. The van der Waals surface area contributed by atoms with Gasteiger partial charge in [-0.3, -0.25) is 0 Å². The average molecular weight is 149 g/mol. The van der Waals surface area contributed by atoms with Crippen LogP contribution in [0.3, 0.4) is 0 Å². The minimum absolute atomic E-state index is 0.375. The van der Waals surface area contributed by atoms with Crippen LogP contribution >= 0.6 is 11.6 Å². The lowest BCUT2D eigenvalue weighted by Gasteiger charge is -1.87. The molecule has 0 aromatic carbocycles. The number of allylic oxidation sites excluding steroid dienone is 3. The van der Waals surface area contributed by atoms with Crippen LogP contribution in [0.2, 0.25) is 0 Å². The van der Waals surface area contributed by atoms with E-state index in [1.54, 1.807) is 17.6 Å². The van der Waals surface area contributed by atoms with Gasteiger partial charge in [0.15, 0.2) is 0 Å².